The molecular formula is C34H54N2O. The van der Waals surface area contributed by atoms with Crippen molar-refractivity contribution < 1.29 is 4.79 Å². The molecule has 0 spiro atoms. The summed E-state index contributed by atoms with van der Waals surface area (Å²) in [7, 11) is 0. The Morgan fingerprint density at radius 1 is 0.595 bits per heavy atom. The van der Waals surface area contributed by atoms with Gasteiger partial charge in [-0.05, 0) is 17.5 Å². The van der Waals surface area contributed by atoms with Crippen LogP contribution in [0.3, 0.4) is 0 Å². The lowest BCUT2D eigenvalue weighted by atomic mass is 10.0. The van der Waals surface area contributed by atoms with Gasteiger partial charge in [-0.1, -0.05) is 157 Å². The van der Waals surface area contributed by atoms with Gasteiger partial charge in [-0.3, -0.25) is 9.69 Å². The second-order valence-electron chi connectivity index (χ2n) is 10.7. The Bertz CT molecular complexity index is 735. The van der Waals surface area contributed by atoms with Crippen LogP contribution in [0, 0.1) is 0 Å². The molecule has 0 fully saturated rings. The number of amides is 1. The minimum absolute atomic E-state index is 0.203. The molecule has 206 valence electrons. The van der Waals surface area contributed by atoms with Gasteiger partial charge < -0.3 is 5.32 Å². The number of rotatable bonds is 23. The van der Waals surface area contributed by atoms with E-state index in [1.165, 1.54) is 101 Å². The Morgan fingerprint density at radius 2 is 1.00 bits per heavy atom. The number of carbonyl (C=O) groups is 1. The van der Waals surface area contributed by atoms with Gasteiger partial charge in [-0.25, -0.2) is 0 Å². The maximum absolute atomic E-state index is 12.3. The fourth-order valence-corrected chi connectivity index (χ4v) is 5.00. The van der Waals surface area contributed by atoms with Crippen LogP contribution < -0.4 is 5.32 Å². The van der Waals surface area contributed by atoms with E-state index in [4.69, 9.17) is 0 Å². The van der Waals surface area contributed by atoms with Crippen LogP contribution in [0.15, 0.2) is 60.7 Å². The molecule has 3 nitrogen and oxygen atoms in total. The minimum Gasteiger partial charge on any atom is -0.355 e. The Balaban J connectivity index is 1.46. The van der Waals surface area contributed by atoms with Crippen LogP contribution in [-0.2, 0) is 17.9 Å². The zero-order valence-corrected chi connectivity index (χ0v) is 23.8. The van der Waals surface area contributed by atoms with E-state index in [1.54, 1.807) is 0 Å². The highest BCUT2D eigenvalue weighted by Crippen LogP contribution is 2.14. The van der Waals surface area contributed by atoms with Gasteiger partial charge in [0.1, 0.15) is 0 Å². The van der Waals surface area contributed by atoms with E-state index in [0.29, 0.717) is 13.0 Å². The average Bonchev–Trinajstić information content (AvgIpc) is 2.92. The maximum Gasteiger partial charge on any atom is 0.220 e. The molecule has 2 aromatic carbocycles. The number of nitrogens with zero attached hydrogens (tertiary/aromatic N) is 1. The maximum atomic E-state index is 12.3. The normalized spacial score (nSPS) is 11.2. The molecule has 1 N–H and O–H groups in total. The first-order chi connectivity index (χ1) is 18.3. The molecule has 0 heterocycles. The molecule has 3 heteroatoms. The van der Waals surface area contributed by atoms with Crippen molar-refractivity contribution in [3.8, 4) is 0 Å². The van der Waals surface area contributed by atoms with Crippen LogP contribution in [0.5, 0.6) is 0 Å². The first-order valence-corrected chi connectivity index (χ1v) is 15.3. The van der Waals surface area contributed by atoms with E-state index in [0.717, 1.165) is 26.1 Å². The fraction of sp³-hybridized carbons (Fsp3) is 0.618. The zero-order chi connectivity index (χ0) is 26.2. The summed E-state index contributed by atoms with van der Waals surface area (Å²) in [5.41, 5.74) is 2.62. The van der Waals surface area contributed by atoms with Crippen LogP contribution in [0.2, 0.25) is 0 Å². The van der Waals surface area contributed by atoms with E-state index in [9.17, 15) is 4.79 Å². The summed E-state index contributed by atoms with van der Waals surface area (Å²) in [6, 6.07) is 21.2. The lowest BCUT2D eigenvalue weighted by Crippen LogP contribution is -2.34. The number of unbranched alkanes of at least 4 members (excludes halogenated alkanes) is 14. The molecule has 2 aromatic rings. The van der Waals surface area contributed by atoms with E-state index >= 15 is 0 Å². The highest BCUT2D eigenvalue weighted by Gasteiger charge is 2.08. The monoisotopic (exact) mass is 506 g/mol. The Labute approximate surface area is 228 Å². The predicted octanol–water partition coefficient (Wildman–Crippen LogP) is 9.07. The van der Waals surface area contributed by atoms with Crippen molar-refractivity contribution in [1.29, 1.82) is 0 Å². The zero-order valence-electron chi connectivity index (χ0n) is 23.8. The third-order valence-corrected chi connectivity index (χ3v) is 7.26. The Hall–Kier alpha value is -2.13. The largest absolute Gasteiger partial charge is 0.355 e. The summed E-state index contributed by atoms with van der Waals surface area (Å²) in [4.78, 5) is 14.8. The van der Waals surface area contributed by atoms with Gasteiger partial charge in [0.25, 0.3) is 0 Å². The van der Waals surface area contributed by atoms with Gasteiger partial charge >= 0.3 is 0 Å². The smallest absolute Gasteiger partial charge is 0.220 e. The molecular weight excluding hydrogens is 452 g/mol. The van der Waals surface area contributed by atoms with Gasteiger partial charge in [0.15, 0.2) is 0 Å². The summed E-state index contributed by atoms with van der Waals surface area (Å²) < 4.78 is 0. The average molecular weight is 507 g/mol. The highest BCUT2D eigenvalue weighted by atomic mass is 16.1. The summed E-state index contributed by atoms with van der Waals surface area (Å²) >= 11 is 0. The van der Waals surface area contributed by atoms with Crippen molar-refractivity contribution in [3.05, 3.63) is 71.8 Å². The van der Waals surface area contributed by atoms with Gasteiger partial charge in [-0.15, -0.1) is 0 Å². The van der Waals surface area contributed by atoms with E-state index in [-0.39, 0.29) is 5.91 Å². The summed E-state index contributed by atoms with van der Waals surface area (Å²) in [5.74, 6) is 0.203. The molecule has 0 saturated heterocycles. The van der Waals surface area contributed by atoms with Crippen LogP contribution >= 0.6 is 0 Å². The standard InChI is InChI=1S/C34H54N2O/c1-2-3-4-5-6-7-8-9-10-11-12-13-14-15-22-27-34(37)35-28-29-36(30-32-23-18-16-19-24-32)31-33-25-20-17-21-26-33/h16-21,23-26H,2-15,22,27-31H2,1H3,(H,35,37). The van der Waals surface area contributed by atoms with Gasteiger partial charge in [0, 0.05) is 32.6 Å². The molecule has 37 heavy (non-hydrogen) atoms. The lowest BCUT2D eigenvalue weighted by molar-refractivity contribution is -0.121. The van der Waals surface area contributed by atoms with Crippen LogP contribution in [0.4, 0.5) is 0 Å². The van der Waals surface area contributed by atoms with Crippen LogP contribution in [-0.4, -0.2) is 23.9 Å². The summed E-state index contributed by atoms with van der Waals surface area (Å²) in [6.07, 6.45) is 21.0. The molecule has 2 rings (SSSR count). The van der Waals surface area contributed by atoms with Crippen molar-refractivity contribution in [3.63, 3.8) is 0 Å². The number of hydrogen-bond acceptors (Lipinski definition) is 2. The van der Waals surface area contributed by atoms with Crippen molar-refractivity contribution in [1.82, 2.24) is 10.2 Å². The molecule has 0 atom stereocenters. The number of hydrogen-bond donors (Lipinski definition) is 1. The SMILES string of the molecule is CCCCCCCCCCCCCCCCCC(=O)NCCN(Cc1ccccc1)Cc1ccccc1. The van der Waals surface area contributed by atoms with Crippen molar-refractivity contribution in [2.45, 2.75) is 123 Å². The minimum atomic E-state index is 0.203. The number of nitrogens with one attached hydrogen (secondary N) is 1. The molecule has 0 aliphatic heterocycles. The second-order valence-corrected chi connectivity index (χ2v) is 10.7. The van der Waals surface area contributed by atoms with Gasteiger partial charge in [0.05, 0.1) is 0 Å². The van der Waals surface area contributed by atoms with E-state index in [1.807, 2.05) is 0 Å². The third kappa shape index (κ3) is 17.1. The molecule has 0 bridgehead atoms. The predicted molar refractivity (Wildman–Crippen MR) is 160 cm³/mol. The Kier molecular flexibility index (Phi) is 18.4. The number of benzene rings is 2. The topological polar surface area (TPSA) is 32.3 Å². The lowest BCUT2D eigenvalue weighted by Gasteiger charge is -2.23. The summed E-state index contributed by atoms with van der Waals surface area (Å²) in [5, 5.41) is 3.15. The van der Waals surface area contributed by atoms with E-state index in [2.05, 4.69) is 77.8 Å². The molecule has 0 radical (unpaired) electrons. The van der Waals surface area contributed by atoms with Crippen molar-refractivity contribution in [2.24, 2.45) is 0 Å². The van der Waals surface area contributed by atoms with Crippen molar-refractivity contribution in [2.75, 3.05) is 13.1 Å². The Morgan fingerprint density at radius 3 is 1.43 bits per heavy atom. The van der Waals surface area contributed by atoms with Gasteiger partial charge in [0.2, 0.25) is 5.91 Å². The first-order valence-electron chi connectivity index (χ1n) is 15.3. The molecule has 0 aliphatic carbocycles. The van der Waals surface area contributed by atoms with Gasteiger partial charge in [-0.2, -0.15) is 0 Å². The first kappa shape index (κ1) is 31.1. The summed E-state index contributed by atoms with van der Waals surface area (Å²) in [6.45, 7) is 5.63. The molecule has 0 unspecified atom stereocenters. The van der Waals surface area contributed by atoms with Crippen molar-refractivity contribution >= 4 is 5.91 Å². The quantitative estimate of drug-likeness (QED) is 0.152. The molecule has 0 aromatic heterocycles. The van der Waals surface area contributed by atoms with E-state index < -0.39 is 0 Å². The fourth-order valence-electron chi connectivity index (χ4n) is 5.00. The molecule has 0 saturated carbocycles. The highest BCUT2D eigenvalue weighted by molar-refractivity contribution is 5.75. The molecule has 1 amide bonds. The van der Waals surface area contributed by atoms with Crippen LogP contribution in [0.25, 0.3) is 0 Å². The van der Waals surface area contributed by atoms with Crippen LogP contribution in [0.1, 0.15) is 121 Å². The second kappa shape index (κ2) is 21.9. The number of carbonyl (C=O) groups excluding carboxylic acids is 1. The molecule has 0 aliphatic rings. The third-order valence-electron chi connectivity index (χ3n) is 7.26.